The lowest BCUT2D eigenvalue weighted by Gasteiger charge is -2.30. The zero-order valence-corrected chi connectivity index (χ0v) is 38.2. The van der Waals surface area contributed by atoms with Crippen LogP contribution in [0.1, 0.15) is 101 Å². The molecule has 0 amide bonds. The predicted octanol–water partition coefficient (Wildman–Crippen LogP) is 8.31. The van der Waals surface area contributed by atoms with Gasteiger partial charge in [-0.15, -0.1) is 0 Å². The molecular formula is C42H54F7N2O11S3+. The van der Waals surface area contributed by atoms with E-state index in [1.807, 2.05) is 0 Å². The van der Waals surface area contributed by atoms with E-state index in [9.17, 15) is 60.9 Å². The fraction of sp³-hybridized carbons (Fsp3) is 0.548. The third-order valence-electron chi connectivity index (χ3n) is 11.7. The highest BCUT2D eigenvalue weighted by molar-refractivity contribution is 7.86. The number of aliphatic hydroxyl groups excluding tert-OH is 1. The minimum Gasteiger partial charge on any atom is -0.371 e. The van der Waals surface area contributed by atoms with E-state index in [4.69, 9.17) is 9.84 Å². The number of halogens is 7. The summed E-state index contributed by atoms with van der Waals surface area (Å²) in [4.78, 5) is 1.57. The van der Waals surface area contributed by atoms with Gasteiger partial charge in [0.05, 0.1) is 33.8 Å². The zero-order valence-electron chi connectivity index (χ0n) is 35.8. The summed E-state index contributed by atoms with van der Waals surface area (Å²) in [6.07, 6.45) is 4.04. The number of anilines is 1. The van der Waals surface area contributed by atoms with Crippen molar-refractivity contribution in [3.8, 4) is 0 Å². The van der Waals surface area contributed by atoms with Crippen LogP contribution in [-0.4, -0.2) is 98.1 Å². The lowest BCUT2D eigenvalue weighted by Crippen LogP contribution is -2.32. The Bertz CT molecular complexity index is 2510. The zero-order chi connectivity index (χ0) is 48.6. The van der Waals surface area contributed by atoms with Crippen molar-refractivity contribution in [3.63, 3.8) is 0 Å². The molecule has 2 atom stereocenters. The van der Waals surface area contributed by atoms with Gasteiger partial charge in [0.25, 0.3) is 36.0 Å². The Morgan fingerprint density at radius 1 is 0.708 bits per heavy atom. The highest BCUT2D eigenvalue weighted by Crippen LogP contribution is 2.52. The van der Waals surface area contributed by atoms with Gasteiger partial charge in [0.2, 0.25) is 11.6 Å². The number of allylic oxidation sites excluding steroid dienone is 6. The quantitative estimate of drug-likeness (QED) is 0.0109. The molecule has 2 aliphatic rings. The van der Waals surface area contributed by atoms with Crippen LogP contribution in [0.3, 0.4) is 0 Å². The molecule has 2 heterocycles. The number of hydrogen-bond acceptors (Lipinski definition) is 9. The van der Waals surface area contributed by atoms with Crippen molar-refractivity contribution < 1.29 is 84.1 Å². The van der Waals surface area contributed by atoms with E-state index in [1.165, 1.54) is 41.9 Å². The molecule has 364 valence electrons. The summed E-state index contributed by atoms with van der Waals surface area (Å²) in [5.41, 5.74) is -3.55. The fourth-order valence-corrected chi connectivity index (χ4v) is 10.3. The molecule has 4 rings (SSSR count). The van der Waals surface area contributed by atoms with Crippen LogP contribution in [0.4, 0.5) is 42.1 Å². The molecule has 0 aliphatic carbocycles. The van der Waals surface area contributed by atoms with Crippen molar-refractivity contribution in [2.75, 3.05) is 48.6 Å². The van der Waals surface area contributed by atoms with E-state index >= 15 is 8.78 Å². The number of fused-ring (bicyclic) bond motifs is 2. The second-order valence-corrected chi connectivity index (χ2v) is 21.2. The molecule has 0 saturated carbocycles. The number of alkyl halides is 3. The highest BCUT2D eigenvalue weighted by Gasteiger charge is 2.53. The molecule has 23 heteroatoms. The first-order valence-electron chi connectivity index (χ1n) is 20.8. The summed E-state index contributed by atoms with van der Waals surface area (Å²) < 4.78 is 207. The van der Waals surface area contributed by atoms with Crippen molar-refractivity contribution in [1.82, 2.24) is 0 Å². The molecule has 0 radical (unpaired) electrons. The number of unbranched alkanes of at least 4 members (excludes halogenated alkanes) is 5. The SMILES string of the molecule is CC1(CCCCS(=O)(=O)O)C(=CC=CC=CC2=[N+](CCCCCOCO)c3c(F)c(F)c(F)c(F)c3C2(C)CCCCS(=O)(=O)O)N(CCCCS(=O)(=O)O)c2cc(C(F)(F)F)ccc21. The van der Waals surface area contributed by atoms with Crippen LogP contribution < -0.4 is 4.90 Å². The molecule has 0 aromatic heterocycles. The molecule has 65 heavy (non-hydrogen) atoms. The number of ether oxygens (including phenoxy) is 1. The molecule has 2 unspecified atom stereocenters. The second-order valence-electron chi connectivity index (χ2n) is 16.4. The summed E-state index contributed by atoms with van der Waals surface area (Å²) in [7, 11) is -13.1. The Balaban J connectivity index is 1.84. The topological polar surface area (TPSA) is 199 Å². The first kappa shape index (κ1) is 53.9. The Hall–Kier alpha value is -3.71. The minimum absolute atomic E-state index is 0.000892. The van der Waals surface area contributed by atoms with Gasteiger partial charge in [-0.2, -0.15) is 47.4 Å². The van der Waals surface area contributed by atoms with E-state index in [2.05, 4.69) is 0 Å². The Morgan fingerprint density at radius 3 is 1.85 bits per heavy atom. The molecule has 0 fully saturated rings. The van der Waals surface area contributed by atoms with Crippen LogP contribution in [0.25, 0.3) is 0 Å². The number of rotatable bonds is 25. The Labute approximate surface area is 374 Å². The second kappa shape index (κ2) is 21.9. The van der Waals surface area contributed by atoms with E-state index in [-0.39, 0.29) is 82.5 Å². The molecule has 2 aromatic rings. The van der Waals surface area contributed by atoms with Gasteiger partial charge in [-0.05, 0) is 89.0 Å². The van der Waals surface area contributed by atoms with E-state index in [0.717, 1.165) is 12.1 Å². The first-order chi connectivity index (χ1) is 30.2. The summed E-state index contributed by atoms with van der Waals surface area (Å²) in [5.74, 6) is -9.25. The fourth-order valence-electron chi connectivity index (χ4n) is 8.58. The summed E-state index contributed by atoms with van der Waals surface area (Å²) >= 11 is 0. The van der Waals surface area contributed by atoms with Gasteiger partial charge in [-0.3, -0.25) is 13.7 Å². The Kier molecular flexibility index (Phi) is 18.2. The predicted molar refractivity (Wildman–Crippen MR) is 229 cm³/mol. The van der Waals surface area contributed by atoms with Crippen LogP contribution >= 0.6 is 0 Å². The number of nitrogens with zero attached hydrogens (tertiary/aromatic N) is 2. The molecule has 2 aliphatic heterocycles. The number of benzene rings is 2. The van der Waals surface area contributed by atoms with E-state index in [0.29, 0.717) is 30.5 Å². The third-order valence-corrected chi connectivity index (χ3v) is 14.1. The van der Waals surface area contributed by atoms with Gasteiger partial charge in [-0.25, -0.2) is 13.2 Å². The first-order valence-corrected chi connectivity index (χ1v) is 25.6. The van der Waals surface area contributed by atoms with Crippen molar-refractivity contribution in [2.45, 2.75) is 101 Å². The average molecular weight is 992 g/mol. The highest BCUT2D eigenvalue weighted by atomic mass is 32.2. The lowest BCUT2D eigenvalue weighted by molar-refractivity contribution is -0.441. The van der Waals surface area contributed by atoms with Crippen LogP contribution in [0.2, 0.25) is 0 Å². The maximum absolute atomic E-state index is 15.9. The van der Waals surface area contributed by atoms with Crippen LogP contribution in [0.15, 0.2) is 54.3 Å². The van der Waals surface area contributed by atoms with Crippen molar-refractivity contribution >= 4 is 47.4 Å². The van der Waals surface area contributed by atoms with Crippen LogP contribution in [0, 0.1) is 23.3 Å². The minimum atomic E-state index is -4.75. The average Bonchev–Trinajstić information content (AvgIpc) is 3.58. The van der Waals surface area contributed by atoms with Gasteiger partial charge >= 0.3 is 6.18 Å². The van der Waals surface area contributed by atoms with Gasteiger partial charge in [0, 0.05) is 42.4 Å². The van der Waals surface area contributed by atoms with Gasteiger partial charge < -0.3 is 14.7 Å². The standard InChI is InChI=1S/C42H53F7N2O11S3/c1-40(19-7-12-24-63(53,54)55)30-18-17-29(42(47,48)49)27-31(30)50(21-10-14-26-65(59,60)61)32(40)15-5-3-6-16-33-41(2,20-8-13-25-64(56,57)58)34-35(43)36(44)37(45)38(46)39(34)51(33)22-9-4-11-23-62-28-52/h3,5-6,15-18,27,52H,4,7-14,19-26,28H2,1-2H3,(H2-,53,54,55,56,57,58,59,60,61)/p+1. The van der Waals surface area contributed by atoms with Gasteiger partial charge in [0.15, 0.2) is 17.3 Å². The van der Waals surface area contributed by atoms with Crippen molar-refractivity contribution in [3.05, 3.63) is 94.2 Å². The normalized spacial score (nSPS) is 20.0. The maximum atomic E-state index is 15.9. The van der Waals surface area contributed by atoms with Crippen LogP contribution in [-0.2, 0) is 52.1 Å². The third kappa shape index (κ3) is 13.9. The van der Waals surface area contributed by atoms with Crippen molar-refractivity contribution in [2.24, 2.45) is 0 Å². The van der Waals surface area contributed by atoms with Gasteiger partial charge in [0.1, 0.15) is 13.3 Å². The molecule has 0 bridgehead atoms. The lowest BCUT2D eigenvalue weighted by atomic mass is 9.75. The molecular weight excluding hydrogens is 938 g/mol. The Morgan fingerprint density at radius 2 is 1.28 bits per heavy atom. The van der Waals surface area contributed by atoms with Crippen molar-refractivity contribution in [1.29, 1.82) is 0 Å². The smallest absolute Gasteiger partial charge is 0.371 e. The molecule has 0 spiro atoms. The molecule has 13 nitrogen and oxygen atoms in total. The van der Waals surface area contributed by atoms with Crippen LogP contribution in [0.5, 0.6) is 0 Å². The van der Waals surface area contributed by atoms with Gasteiger partial charge in [-0.1, -0.05) is 37.1 Å². The molecule has 4 N–H and O–H groups in total. The number of hydrogen-bond donors (Lipinski definition) is 4. The molecule has 2 aromatic carbocycles. The summed E-state index contributed by atoms with van der Waals surface area (Å²) in [6, 6.07) is 3.16. The monoisotopic (exact) mass is 991 g/mol. The summed E-state index contributed by atoms with van der Waals surface area (Å²) in [6.45, 7) is 2.79. The van der Waals surface area contributed by atoms with E-state index < -0.39 is 111 Å². The largest absolute Gasteiger partial charge is 0.416 e. The van der Waals surface area contributed by atoms with E-state index in [1.54, 1.807) is 17.9 Å². The maximum Gasteiger partial charge on any atom is 0.416 e. The molecule has 0 saturated heterocycles. The summed E-state index contributed by atoms with van der Waals surface area (Å²) in [5, 5.41) is 8.94. The number of aliphatic hydroxyl groups is 1.